The Morgan fingerprint density at radius 1 is 0.957 bits per heavy atom. The predicted octanol–water partition coefficient (Wildman–Crippen LogP) is 6.31. The van der Waals surface area contributed by atoms with Crippen LogP contribution in [0, 0.1) is 0 Å². The minimum atomic E-state index is -3.87. The first-order chi connectivity index (χ1) is 10.8. The third-order valence-corrected chi connectivity index (χ3v) is 9.69. The van der Waals surface area contributed by atoms with E-state index < -0.39 is 13.4 Å². The SMILES string of the molecule is O=P(OCC(Br)CBr)(OCC(Br)CBr)OC(CCl)(CCl)CCCl. The Labute approximate surface area is 186 Å². The van der Waals surface area contributed by atoms with Gasteiger partial charge in [0, 0.05) is 26.2 Å². The van der Waals surface area contributed by atoms with Crippen LogP contribution in [0.5, 0.6) is 0 Å². The number of hydrogen-bond acceptors (Lipinski definition) is 4. The van der Waals surface area contributed by atoms with Crippen LogP contribution in [-0.2, 0) is 18.1 Å². The summed E-state index contributed by atoms with van der Waals surface area (Å²) in [7, 11) is -3.87. The molecule has 0 amide bonds. The van der Waals surface area contributed by atoms with Crippen LogP contribution in [0.15, 0.2) is 0 Å². The maximum absolute atomic E-state index is 13.0. The quantitative estimate of drug-likeness (QED) is 0.161. The van der Waals surface area contributed by atoms with Gasteiger partial charge in [-0.3, -0.25) is 13.6 Å². The molecule has 0 fully saturated rings. The van der Waals surface area contributed by atoms with Crippen molar-refractivity contribution in [2.75, 3.05) is 41.5 Å². The number of phosphoric acid groups is 1. The summed E-state index contributed by atoms with van der Waals surface area (Å²) in [6, 6.07) is 0. The molecule has 0 aliphatic rings. The summed E-state index contributed by atoms with van der Waals surface area (Å²) < 4.78 is 29.4. The first-order valence-corrected chi connectivity index (χ1v) is 13.6. The molecule has 0 saturated heterocycles. The fourth-order valence-corrected chi connectivity index (χ4v) is 5.00. The third-order valence-electron chi connectivity index (χ3n) is 2.50. The molecule has 4 nitrogen and oxygen atoms in total. The molecule has 0 spiro atoms. The number of halogens is 7. The molecule has 23 heavy (non-hydrogen) atoms. The number of alkyl halides is 7. The van der Waals surface area contributed by atoms with Gasteiger partial charge in [0.05, 0.1) is 25.0 Å². The highest BCUT2D eigenvalue weighted by Crippen LogP contribution is 2.54. The molecule has 0 N–H and O–H groups in total. The van der Waals surface area contributed by atoms with Crippen LogP contribution in [0.2, 0.25) is 0 Å². The lowest BCUT2D eigenvalue weighted by Gasteiger charge is -2.32. The maximum atomic E-state index is 13.0. The van der Waals surface area contributed by atoms with Gasteiger partial charge < -0.3 is 0 Å². The lowest BCUT2D eigenvalue weighted by atomic mass is 10.1. The van der Waals surface area contributed by atoms with Crippen molar-refractivity contribution < 1.29 is 18.1 Å². The zero-order valence-corrected chi connectivity index (χ0v) is 21.5. The lowest BCUT2D eigenvalue weighted by molar-refractivity contribution is 0.0358. The molecule has 0 aromatic rings. The van der Waals surface area contributed by atoms with Gasteiger partial charge in [-0.15, -0.1) is 34.8 Å². The van der Waals surface area contributed by atoms with Gasteiger partial charge in [0.15, 0.2) is 0 Å². The van der Waals surface area contributed by atoms with Crippen LogP contribution in [0.1, 0.15) is 6.42 Å². The maximum Gasteiger partial charge on any atom is 0.475 e. The van der Waals surface area contributed by atoms with E-state index in [9.17, 15) is 4.57 Å². The third kappa shape index (κ3) is 10.7. The predicted molar refractivity (Wildman–Crippen MR) is 113 cm³/mol. The van der Waals surface area contributed by atoms with Gasteiger partial charge in [0.1, 0.15) is 5.60 Å². The molecule has 0 heterocycles. The smallest absolute Gasteiger partial charge is 0.286 e. The average Bonchev–Trinajstić information content (AvgIpc) is 2.57. The van der Waals surface area contributed by atoms with Crippen molar-refractivity contribution in [3.05, 3.63) is 0 Å². The molecule has 2 unspecified atom stereocenters. The highest BCUT2D eigenvalue weighted by Gasteiger charge is 2.41. The molecule has 0 aromatic carbocycles. The second-order valence-corrected chi connectivity index (χ2v) is 10.9. The van der Waals surface area contributed by atoms with E-state index in [0.717, 1.165) is 0 Å². The van der Waals surface area contributed by atoms with Gasteiger partial charge >= 0.3 is 7.82 Å². The molecule has 0 saturated carbocycles. The monoisotopic (exact) mass is 666 g/mol. The zero-order valence-electron chi connectivity index (χ0n) is 12.0. The second kappa shape index (κ2) is 14.0. The van der Waals surface area contributed by atoms with Crippen LogP contribution in [0.3, 0.4) is 0 Å². The van der Waals surface area contributed by atoms with Gasteiger partial charge in [-0.1, -0.05) is 63.7 Å². The molecule has 12 heteroatoms. The van der Waals surface area contributed by atoms with Crippen molar-refractivity contribution in [3.8, 4) is 0 Å². The van der Waals surface area contributed by atoms with Crippen molar-refractivity contribution in [1.29, 1.82) is 0 Å². The fourth-order valence-electron chi connectivity index (χ4n) is 1.20. The first-order valence-electron chi connectivity index (χ1n) is 6.48. The van der Waals surface area contributed by atoms with E-state index in [1.807, 2.05) is 0 Å². The number of hydrogen-bond donors (Lipinski definition) is 0. The molecular weight excluding hydrogens is 653 g/mol. The number of rotatable bonds is 14. The topological polar surface area (TPSA) is 44.8 Å². The Morgan fingerprint density at radius 2 is 1.39 bits per heavy atom. The van der Waals surface area contributed by atoms with Crippen LogP contribution < -0.4 is 0 Å². The lowest BCUT2D eigenvalue weighted by Crippen LogP contribution is -2.37. The molecular formula is C11H18Br4Cl3O4P. The van der Waals surface area contributed by atoms with E-state index in [2.05, 4.69) is 63.7 Å². The Bertz CT molecular complexity index is 348. The molecule has 140 valence electrons. The van der Waals surface area contributed by atoms with E-state index >= 15 is 0 Å². The molecule has 0 rings (SSSR count). The Kier molecular flexibility index (Phi) is 15.7. The molecule has 0 aliphatic heterocycles. The van der Waals surface area contributed by atoms with Crippen molar-refractivity contribution >= 4 is 106 Å². The summed E-state index contributed by atoms with van der Waals surface area (Å²) in [5.74, 6) is 0.295. The molecule has 0 radical (unpaired) electrons. The first kappa shape index (κ1) is 25.9. The van der Waals surface area contributed by atoms with Crippen LogP contribution in [0.25, 0.3) is 0 Å². The van der Waals surface area contributed by atoms with Gasteiger partial charge in [-0.2, -0.15) is 0 Å². The standard InChI is InChI=1S/C11H18Br4Cl3O4P/c12-3-9(14)5-20-23(19,21-6-10(15)4-13)22-11(7-17,8-18)1-2-16/h9-10H,1-8H2. The Morgan fingerprint density at radius 3 is 1.70 bits per heavy atom. The molecule has 0 bridgehead atoms. The van der Waals surface area contributed by atoms with E-state index in [1.54, 1.807) is 0 Å². The summed E-state index contributed by atoms with van der Waals surface area (Å²) in [6.07, 6.45) is 0.324. The molecule has 0 aromatic heterocycles. The van der Waals surface area contributed by atoms with Crippen molar-refractivity contribution in [3.63, 3.8) is 0 Å². The fraction of sp³-hybridized carbons (Fsp3) is 1.00. The summed E-state index contributed by atoms with van der Waals surface area (Å²) in [4.78, 5) is -0.0956. The van der Waals surface area contributed by atoms with Gasteiger partial charge in [-0.05, 0) is 6.42 Å². The van der Waals surface area contributed by atoms with E-state index in [4.69, 9.17) is 48.4 Å². The zero-order chi connectivity index (χ0) is 17.9. The van der Waals surface area contributed by atoms with E-state index in [0.29, 0.717) is 17.1 Å². The molecule has 0 aliphatic carbocycles. The number of phosphoric ester groups is 1. The second-order valence-electron chi connectivity index (χ2n) is 4.52. The summed E-state index contributed by atoms with van der Waals surface area (Å²) in [5, 5.41) is 1.24. The van der Waals surface area contributed by atoms with Crippen molar-refractivity contribution in [2.45, 2.75) is 21.7 Å². The largest absolute Gasteiger partial charge is 0.475 e. The van der Waals surface area contributed by atoms with Crippen LogP contribution >= 0.6 is 106 Å². The van der Waals surface area contributed by atoms with E-state index in [1.165, 1.54) is 0 Å². The molecule has 2 atom stereocenters. The highest BCUT2D eigenvalue weighted by atomic mass is 79.9. The van der Waals surface area contributed by atoms with Crippen LogP contribution in [-0.4, -0.2) is 56.8 Å². The highest BCUT2D eigenvalue weighted by molar-refractivity contribution is 9.12. The van der Waals surface area contributed by atoms with E-state index in [-0.39, 0.29) is 40.5 Å². The minimum absolute atomic E-state index is 0.0201. The summed E-state index contributed by atoms with van der Waals surface area (Å²) in [6.45, 7) is 0.261. The average molecular weight is 671 g/mol. The van der Waals surface area contributed by atoms with Crippen LogP contribution in [0.4, 0.5) is 0 Å². The van der Waals surface area contributed by atoms with Gasteiger partial charge in [0.25, 0.3) is 0 Å². The summed E-state index contributed by atoms with van der Waals surface area (Å²) >= 11 is 31.0. The normalized spacial score (nSPS) is 17.7. The van der Waals surface area contributed by atoms with Gasteiger partial charge in [-0.25, -0.2) is 4.57 Å². The van der Waals surface area contributed by atoms with Crippen molar-refractivity contribution in [1.82, 2.24) is 0 Å². The van der Waals surface area contributed by atoms with Crippen molar-refractivity contribution in [2.24, 2.45) is 0 Å². The Hall–Kier alpha value is 2.90. The van der Waals surface area contributed by atoms with Gasteiger partial charge in [0.2, 0.25) is 0 Å². The Balaban J connectivity index is 5.10. The minimum Gasteiger partial charge on any atom is -0.286 e. The summed E-state index contributed by atoms with van der Waals surface area (Å²) in [5.41, 5.74) is -1.08.